The van der Waals surface area contributed by atoms with E-state index in [0.717, 1.165) is 28.0 Å². The summed E-state index contributed by atoms with van der Waals surface area (Å²) in [6.45, 7) is 4.83. The van der Waals surface area contributed by atoms with Crippen molar-refractivity contribution >= 4 is 28.2 Å². The molecular formula is C29H33N5O5S. The molecule has 40 heavy (non-hydrogen) atoms. The molecule has 1 amide bonds. The first-order valence-corrected chi connectivity index (χ1v) is 13.8. The standard InChI is InChI=1S/C29H33N5O5S/c1-5-23(35)22-17-40-28(30-22)32-26(36)25(18(2)19-9-7-6-8-10-19)34-27(37)24(31-29(34)38)20-11-13-21(14-12-20)39-16-15-33(3)4/h6-14,17-18,25,37H,5,15-16H2,1-4H3,(H,31,38)(H,30,32,36)/t18-,25-/m0/s1. The van der Waals surface area contributed by atoms with Crippen LogP contribution in [0.5, 0.6) is 11.6 Å². The first-order valence-electron chi connectivity index (χ1n) is 13.0. The van der Waals surface area contributed by atoms with E-state index >= 15 is 0 Å². The van der Waals surface area contributed by atoms with Gasteiger partial charge in [-0.1, -0.05) is 44.2 Å². The zero-order chi connectivity index (χ0) is 28.8. The second kappa shape index (κ2) is 12.8. The molecule has 11 heteroatoms. The number of ketones is 1. The van der Waals surface area contributed by atoms with Crippen LogP contribution in [-0.2, 0) is 4.79 Å². The Balaban J connectivity index is 1.67. The number of amides is 1. The number of carbonyl (C=O) groups excluding carboxylic acids is 2. The summed E-state index contributed by atoms with van der Waals surface area (Å²) in [5, 5.41) is 15.8. The number of Topliss-reactive ketones (excluding diaryl/α,β-unsaturated/α-hetero) is 1. The predicted octanol–water partition coefficient (Wildman–Crippen LogP) is 4.52. The van der Waals surface area contributed by atoms with Crippen molar-refractivity contribution in [1.29, 1.82) is 0 Å². The van der Waals surface area contributed by atoms with Crippen LogP contribution in [0.3, 0.4) is 0 Å². The number of likely N-dealkylation sites (N-methyl/N-ethyl adjacent to an activating group) is 1. The lowest BCUT2D eigenvalue weighted by atomic mass is 9.92. The zero-order valence-corrected chi connectivity index (χ0v) is 23.7. The summed E-state index contributed by atoms with van der Waals surface area (Å²) in [6.07, 6.45) is 0.295. The van der Waals surface area contributed by atoms with Crippen LogP contribution >= 0.6 is 11.3 Å². The smallest absolute Gasteiger partial charge is 0.329 e. The lowest BCUT2D eigenvalue weighted by Gasteiger charge is -2.24. The van der Waals surface area contributed by atoms with E-state index in [1.54, 1.807) is 36.6 Å². The number of ether oxygens (including phenoxy) is 1. The number of benzene rings is 2. The van der Waals surface area contributed by atoms with Crippen LogP contribution in [0.2, 0.25) is 0 Å². The molecule has 0 aliphatic carbocycles. The van der Waals surface area contributed by atoms with Gasteiger partial charge in [-0.05, 0) is 43.9 Å². The van der Waals surface area contributed by atoms with Gasteiger partial charge in [0.15, 0.2) is 10.9 Å². The van der Waals surface area contributed by atoms with E-state index in [0.29, 0.717) is 24.3 Å². The van der Waals surface area contributed by atoms with Crippen molar-refractivity contribution in [2.75, 3.05) is 32.6 Å². The van der Waals surface area contributed by atoms with Gasteiger partial charge in [-0.25, -0.2) is 14.3 Å². The van der Waals surface area contributed by atoms with Crippen LogP contribution in [0.15, 0.2) is 64.8 Å². The number of aromatic nitrogens is 3. The Bertz CT molecular complexity index is 1510. The van der Waals surface area contributed by atoms with Gasteiger partial charge in [0.25, 0.3) is 0 Å². The fraction of sp³-hybridized carbons (Fsp3) is 0.310. The monoisotopic (exact) mass is 563 g/mol. The predicted molar refractivity (Wildman–Crippen MR) is 155 cm³/mol. The Morgan fingerprint density at radius 1 is 1.15 bits per heavy atom. The number of imidazole rings is 1. The quantitative estimate of drug-likeness (QED) is 0.216. The Kier molecular flexibility index (Phi) is 9.18. The largest absolute Gasteiger partial charge is 0.493 e. The topological polar surface area (TPSA) is 130 Å². The van der Waals surface area contributed by atoms with Crippen LogP contribution in [0.4, 0.5) is 5.13 Å². The minimum atomic E-state index is -1.12. The number of nitrogens with zero attached hydrogens (tertiary/aromatic N) is 3. The summed E-state index contributed by atoms with van der Waals surface area (Å²) in [5.74, 6) is -0.892. The highest BCUT2D eigenvalue weighted by molar-refractivity contribution is 7.14. The van der Waals surface area contributed by atoms with E-state index in [-0.39, 0.29) is 28.2 Å². The summed E-state index contributed by atoms with van der Waals surface area (Å²) < 4.78 is 6.80. The number of hydrogen-bond donors (Lipinski definition) is 3. The molecule has 210 valence electrons. The molecule has 4 rings (SSSR count). The molecule has 2 atom stereocenters. The van der Waals surface area contributed by atoms with Crippen molar-refractivity contribution in [3.8, 4) is 22.9 Å². The molecule has 0 radical (unpaired) electrons. The lowest BCUT2D eigenvalue weighted by Crippen LogP contribution is -2.35. The normalized spacial score (nSPS) is 12.7. The van der Waals surface area contributed by atoms with Gasteiger partial charge in [0.05, 0.1) is 0 Å². The zero-order valence-electron chi connectivity index (χ0n) is 22.9. The number of H-pyrrole nitrogens is 1. The number of anilines is 1. The molecule has 2 aromatic heterocycles. The number of nitrogens with one attached hydrogen (secondary N) is 2. The van der Waals surface area contributed by atoms with Gasteiger partial charge in [0.1, 0.15) is 29.8 Å². The summed E-state index contributed by atoms with van der Waals surface area (Å²) in [6, 6.07) is 15.1. The van der Waals surface area contributed by atoms with E-state index in [1.807, 2.05) is 56.3 Å². The molecule has 0 saturated carbocycles. The first-order chi connectivity index (χ1) is 19.2. The third kappa shape index (κ3) is 6.49. The molecule has 0 unspecified atom stereocenters. The van der Waals surface area contributed by atoms with E-state index in [2.05, 4.69) is 15.3 Å². The van der Waals surface area contributed by atoms with Crippen molar-refractivity contribution in [2.45, 2.75) is 32.2 Å². The maximum absolute atomic E-state index is 13.7. The van der Waals surface area contributed by atoms with Crippen molar-refractivity contribution < 1.29 is 19.4 Å². The second-order valence-electron chi connectivity index (χ2n) is 9.62. The van der Waals surface area contributed by atoms with Gasteiger partial charge in [-0.15, -0.1) is 11.3 Å². The highest BCUT2D eigenvalue weighted by Crippen LogP contribution is 2.35. The van der Waals surface area contributed by atoms with Crippen LogP contribution in [0, 0.1) is 0 Å². The van der Waals surface area contributed by atoms with E-state index in [9.17, 15) is 19.5 Å². The van der Waals surface area contributed by atoms with Crippen LogP contribution in [0.1, 0.15) is 48.3 Å². The third-order valence-electron chi connectivity index (χ3n) is 6.54. The molecule has 0 fully saturated rings. The van der Waals surface area contributed by atoms with Crippen molar-refractivity contribution in [2.24, 2.45) is 0 Å². The Morgan fingerprint density at radius 3 is 2.50 bits per heavy atom. The fourth-order valence-corrected chi connectivity index (χ4v) is 5.01. The number of aromatic hydroxyl groups is 1. The SMILES string of the molecule is CCC(=O)c1csc(NC(=O)[C@H]([C@@H](C)c2ccccc2)n2c(O)c(-c3ccc(OCCN(C)C)cc3)[nH]c2=O)n1. The highest BCUT2D eigenvalue weighted by atomic mass is 32.1. The number of thiazole rings is 1. The Morgan fingerprint density at radius 2 is 1.85 bits per heavy atom. The molecular weight excluding hydrogens is 530 g/mol. The maximum Gasteiger partial charge on any atom is 0.329 e. The van der Waals surface area contributed by atoms with Gasteiger partial charge < -0.3 is 25.0 Å². The van der Waals surface area contributed by atoms with E-state index in [4.69, 9.17) is 4.74 Å². The molecule has 2 aromatic carbocycles. The first kappa shape index (κ1) is 28.8. The average molecular weight is 564 g/mol. The molecule has 0 saturated heterocycles. The van der Waals surface area contributed by atoms with E-state index in [1.165, 1.54) is 0 Å². The van der Waals surface area contributed by atoms with Crippen molar-refractivity contribution in [1.82, 2.24) is 19.4 Å². The number of rotatable bonds is 12. The number of hydrogen-bond acceptors (Lipinski definition) is 8. The van der Waals surface area contributed by atoms with Crippen molar-refractivity contribution in [3.05, 3.63) is 81.7 Å². The minimum absolute atomic E-state index is 0.135. The maximum atomic E-state index is 13.7. The molecule has 4 aromatic rings. The third-order valence-corrected chi connectivity index (χ3v) is 7.30. The van der Waals surface area contributed by atoms with Gasteiger partial charge in [0, 0.05) is 29.8 Å². The summed E-state index contributed by atoms with van der Waals surface area (Å²) in [5.41, 5.74) is 1.18. The molecule has 0 spiro atoms. The second-order valence-corrected chi connectivity index (χ2v) is 10.5. The van der Waals surface area contributed by atoms with Gasteiger partial charge in [-0.2, -0.15) is 0 Å². The summed E-state index contributed by atoms with van der Waals surface area (Å²) in [7, 11) is 3.92. The van der Waals surface area contributed by atoms with Gasteiger partial charge in [0.2, 0.25) is 11.8 Å². The molecule has 0 aliphatic heterocycles. The summed E-state index contributed by atoms with van der Waals surface area (Å²) >= 11 is 1.12. The molecule has 3 N–H and O–H groups in total. The molecule has 10 nitrogen and oxygen atoms in total. The van der Waals surface area contributed by atoms with Crippen LogP contribution in [0.25, 0.3) is 11.3 Å². The molecule has 0 bridgehead atoms. The van der Waals surface area contributed by atoms with Crippen LogP contribution in [-0.4, -0.2) is 63.5 Å². The van der Waals surface area contributed by atoms with Gasteiger partial charge in [-0.3, -0.25) is 9.59 Å². The fourth-order valence-electron chi connectivity index (χ4n) is 4.29. The van der Waals surface area contributed by atoms with E-state index < -0.39 is 23.6 Å². The Labute approximate surface area is 236 Å². The van der Waals surface area contributed by atoms with Gasteiger partial charge >= 0.3 is 5.69 Å². The number of carbonyl (C=O) groups is 2. The number of aromatic amines is 1. The average Bonchev–Trinajstić information content (AvgIpc) is 3.53. The lowest BCUT2D eigenvalue weighted by molar-refractivity contribution is -0.120. The highest BCUT2D eigenvalue weighted by Gasteiger charge is 2.33. The Hall–Kier alpha value is -4.22. The van der Waals surface area contributed by atoms with Crippen molar-refractivity contribution in [3.63, 3.8) is 0 Å². The summed E-state index contributed by atoms with van der Waals surface area (Å²) in [4.78, 5) is 47.9. The molecule has 2 heterocycles. The van der Waals surface area contributed by atoms with Crippen LogP contribution < -0.4 is 15.7 Å². The minimum Gasteiger partial charge on any atom is -0.493 e. The molecule has 0 aliphatic rings.